The summed E-state index contributed by atoms with van der Waals surface area (Å²) in [6.07, 6.45) is 3.50. The molecule has 8 heteroatoms. The number of halogens is 2. The number of nitrogens with zero attached hydrogens (tertiary/aromatic N) is 5. The molecule has 3 heterocycles. The normalized spacial score (nSPS) is 17.4. The highest BCUT2D eigenvalue weighted by Gasteiger charge is 2.27. The SMILES string of the molecule is CN1CCN(C(=O)CCc2cn(CN3CCN(C(c4ccc(F)cc4)c4ccc(F)cc4)CC3)c3ccccc23)CC1. The van der Waals surface area contributed by atoms with Crippen LogP contribution >= 0.6 is 0 Å². The molecular weight excluding hydrogens is 532 g/mol. The highest BCUT2D eigenvalue weighted by Crippen LogP contribution is 2.31. The van der Waals surface area contributed by atoms with E-state index in [1.54, 1.807) is 0 Å². The zero-order valence-corrected chi connectivity index (χ0v) is 24.3. The Kier molecular flexibility index (Phi) is 8.65. The number of amides is 1. The summed E-state index contributed by atoms with van der Waals surface area (Å²) >= 11 is 0. The molecule has 0 N–H and O–H groups in total. The first kappa shape index (κ1) is 28.5. The van der Waals surface area contributed by atoms with Crippen molar-refractivity contribution in [1.82, 2.24) is 24.2 Å². The summed E-state index contributed by atoms with van der Waals surface area (Å²) in [6, 6.07) is 21.7. The standard InChI is InChI=1S/C34H39F2N5O/c1-37-16-20-39(21-17-37)33(42)15-10-28-24-41(32-5-3-2-4-31(28)32)25-38-18-22-40(23-19-38)34(26-6-11-29(35)12-7-26)27-8-13-30(36)14-9-27/h2-9,11-14,24,34H,10,15-23,25H2,1H3. The van der Waals surface area contributed by atoms with Crippen molar-refractivity contribution in [2.45, 2.75) is 25.6 Å². The first-order valence-corrected chi connectivity index (χ1v) is 14.9. The van der Waals surface area contributed by atoms with Crippen molar-refractivity contribution < 1.29 is 13.6 Å². The highest BCUT2D eigenvalue weighted by molar-refractivity contribution is 5.85. The lowest BCUT2D eigenvalue weighted by atomic mass is 9.96. The molecule has 0 bridgehead atoms. The number of aromatic nitrogens is 1. The number of carbonyl (C=O) groups excluding carboxylic acids is 1. The Morgan fingerprint density at radius 2 is 1.36 bits per heavy atom. The summed E-state index contributed by atoms with van der Waals surface area (Å²) in [6.45, 7) is 7.71. The van der Waals surface area contributed by atoms with E-state index in [-0.39, 0.29) is 23.6 Å². The van der Waals surface area contributed by atoms with Crippen LogP contribution in [0, 0.1) is 11.6 Å². The van der Waals surface area contributed by atoms with Crippen LogP contribution in [0.4, 0.5) is 8.78 Å². The summed E-state index contributed by atoms with van der Waals surface area (Å²) in [5.74, 6) is -0.278. The van der Waals surface area contributed by atoms with Crippen LogP contribution in [0.5, 0.6) is 0 Å². The van der Waals surface area contributed by atoms with E-state index < -0.39 is 0 Å². The summed E-state index contributed by atoms with van der Waals surface area (Å²) in [7, 11) is 2.10. The van der Waals surface area contributed by atoms with Gasteiger partial charge in [0.2, 0.25) is 5.91 Å². The average molecular weight is 572 g/mol. The molecule has 6 nitrogen and oxygen atoms in total. The fraction of sp³-hybridized carbons (Fsp3) is 0.382. The number of likely N-dealkylation sites (N-methyl/N-ethyl adjacent to an activating group) is 1. The number of aryl methyl sites for hydroxylation is 1. The molecule has 2 saturated heterocycles. The third-order valence-corrected chi connectivity index (χ3v) is 8.83. The van der Waals surface area contributed by atoms with E-state index in [1.807, 2.05) is 29.2 Å². The number of piperazine rings is 2. The molecular formula is C34H39F2N5O. The predicted octanol–water partition coefficient (Wildman–Crippen LogP) is 4.99. The predicted molar refractivity (Wildman–Crippen MR) is 162 cm³/mol. The second-order valence-electron chi connectivity index (χ2n) is 11.6. The van der Waals surface area contributed by atoms with Gasteiger partial charge in [0.25, 0.3) is 0 Å². The number of fused-ring (bicyclic) bond motifs is 1. The second-order valence-corrected chi connectivity index (χ2v) is 11.6. The van der Waals surface area contributed by atoms with Gasteiger partial charge in [-0.05, 0) is 60.5 Å². The fourth-order valence-corrected chi connectivity index (χ4v) is 6.38. The lowest BCUT2D eigenvalue weighted by Crippen LogP contribution is -2.48. The van der Waals surface area contributed by atoms with Gasteiger partial charge in [0.1, 0.15) is 11.6 Å². The molecule has 0 radical (unpaired) electrons. The van der Waals surface area contributed by atoms with Crippen LogP contribution in [0.1, 0.15) is 29.2 Å². The van der Waals surface area contributed by atoms with E-state index in [2.05, 4.69) is 56.8 Å². The molecule has 1 aromatic heterocycles. The lowest BCUT2D eigenvalue weighted by Gasteiger charge is -2.40. The molecule has 1 amide bonds. The van der Waals surface area contributed by atoms with E-state index in [0.29, 0.717) is 6.42 Å². The van der Waals surface area contributed by atoms with Crippen LogP contribution in [0.2, 0.25) is 0 Å². The van der Waals surface area contributed by atoms with Gasteiger partial charge in [-0.2, -0.15) is 0 Å². The van der Waals surface area contributed by atoms with Gasteiger partial charge in [0.15, 0.2) is 0 Å². The maximum Gasteiger partial charge on any atom is 0.222 e. The molecule has 6 rings (SSSR count). The highest BCUT2D eigenvalue weighted by atomic mass is 19.1. The van der Waals surface area contributed by atoms with Crippen molar-refractivity contribution in [3.8, 4) is 0 Å². The van der Waals surface area contributed by atoms with Gasteiger partial charge < -0.3 is 14.4 Å². The van der Waals surface area contributed by atoms with Gasteiger partial charge in [-0.1, -0.05) is 42.5 Å². The van der Waals surface area contributed by atoms with Gasteiger partial charge in [-0.25, -0.2) is 8.78 Å². The number of carbonyl (C=O) groups is 1. The molecule has 0 unspecified atom stereocenters. The topological polar surface area (TPSA) is 35.0 Å². The van der Waals surface area contributed by atoms with Crippen LogP contribution in [0.15, 0.2) is 79.0 Å². The number of rotatable bonds is 8. The molecule has 0 saturated carbocycles. The molecule has 2 fully saturated rings. The Bertz CT molecular complexity index is 1440. The van der Waals surface area contributed by atoms with Crippen molar-refractivity contribution in [2.24, 2.45) is 0 Å². The van der Waals surface area contributed by atoms with Gasteiger partial charge in [-0.15, -0.1) is 0 Å². The Hall–Kier alpha value is -3.59. The van der Waals surface area contributed by atoms with E-state index in [0.717, 1.165) is 76.6 Å². The Morgan fingerprint density at radius 1 is 0.762 bits per heavy atom. The summed E-state index contributed by atoms with van der Waals surface area (Å²) in [4.78, 5) is 22.0. The van der Waals surface area contributed by atoms with Crippen LogP contribution < -0.4 is 0 Å². The monoisotopic (exact) mass is 571 g/mol. The Balaban J connectivity index is 1.12. The Labute approximate surface area is 246 Å². The molecule has 2 aliphatic rings. The second kappa shape index (κ2) is 12.7. The first-order valence-electron chi connectivity index (χ1n) is 14.9. The van der Waals surface area contributed by atoms with E-state index in [1.165, 1.54) is 40.7 Å². The van der Waals surface area contributed by atoms with Crippen LogP contribution in [0.3, 0.4) is 0 Å². The molecule has 3 aromatic carbocycles. The van der Waals surface area contributed by atoms with E-state index in [4.69, 9.17) is 0 Å². The van der Waals surface area contributed by atoms with Crippen molar-refractivity contribution in [2.75, 3.05) is 59.4 Å². The zero-order valence-electron chi connectivity index (χ0n) is 24.3. The Morgan fingerprint density at radius 3 is 1.98 bits per heavy atom. The smallest absolute Gasteiger partial charge is 0.222 e. The molecule has 0 aliphatic carbocycles. The van der Waals surface area contributed by atoms with Gasteiger partial charge in [0.05, 0.1) is 12.7 Å². The van der Waals surface area contributed by atoms with Crippen LogP contribution in [-0.2, 0) is 17.9 Å². The minimum Gasteiger partial charge on any atom is -0.340 e. The van der Waals surface area contributed by atoms with Crippen molar-refractivity contribution in [1.29, 1.82) is 0 Å². The molecule has 4 aromatic rings. The van der Waals surface area contributed by atoms with Crippen molar-refractivity contribution in [3.63, 3.8) is 0 Å². The summed E-state index contributed by atoms with van der Waals surface area (Å²) in [5.41, 5.74) is 4.42. The van der Waals surface area contributed by atoms with Crippen molar-refractivity contribution in [3.05, 3.63) is 107 Å². The summed E-state index contributed by atoms with van der Waals surface area (Å²) < 4.78 is 29.7. The number of para-hydroxylation sites is 1. The van der Waals surface area contributed by atoms with Gasteiger partial charge >= 0.3 is 0 Å². The van der Waals surface area contributed by atoms with Crippen LogP contribution in [0.25, 0.3) is 10.9 Å². The minimum absolute atomic E-state index is 0.0646. The van der Waals surface area contributed by atoms with Crippen molar-refractivity contribution >= 4 is 16.8 Å². The number of benzene rings is 3. The largest absolute Gasteiger partial charge is 0.340 e. The molecule has 42 heavy (non-hydrogen) atoms. The summed E-state index contributed by atoms with van der Waals surface area (Å²) in [5, 5.41) is 1.22. The third kappa shape index (κ3) is 6.41. The van der Waals surface area contributed by atoms with Crippen LogP contribution in [-0.4, -0.2) is 89.5 Å². The quantitative estimate of drug-likeness (QED) is 0.299. The number of hydrogen-bond donors (Lipinski definition) is 0. The first-order chi connectivity index (χ1) is 20.4. The minimum atomic E-state index is -0.261. The maximum absolute atomic E-state index is 13.7. The van der Waals surface area contributed by atoms with Gasteiger partial charge in [0, 0.05) is 75.9 Å². The molecule has 220 valence electrons. The van der Waals surface area contributed by atoms with E-state index in [9.17, 15) is 13.6 Å². The molecule has 2 aliphatic heterocycles. The van der Waals surface area contributed by atoms with E-state index >= 15 is 0 Å². The number of hydrogen-bond acceptors (Lipinski definition) is 4. The van der Waals surface area contributed by atoms with Gasteiger partial charge in [-0.3, -0.25) is 14.6 Å². The average Bonchev–Trinajstić information content (AvgIpc) is 3.36. The fourth-order valence-electron chi connectivity index (χ4n) is 6.38. The lowest BCUT2D eigenvalue weighted by molar-refractivity contribution is -0.132. The maximum atomic E-state index is 13.7. The molecule has 0 atom stereocenters. The third-order valence-electron chi connectivity index (χ3n) is 8.83. The zero-order chi connectivity index (χ0) is 29.1. The molecule has 0 spiro atoms.